The average Bonchev–Trinajstić information content (AvgIpc) is 3.37. The summed E-state index contributed by atoms with van der Waals surface area (Å²) < 4.78 is 1.56. The lowest BCUT2D eigenvalue weighted by Crippen LogP contribution is -2.31. The Kier molecular flexibility index (Phi) is 6.85. The van der Waals surface area contributed by atoms with E-state index in [1.807, 2.05) is 13.8 Å². The van der Waals surface area contributed by atoms with Crippen LogP contribution in [-0.2, 0) is 11.3 Å². The summed E-state index contributed by atoms with van der Waals surface area (Å²) in [5, 5.41) is 19.6. The maximum atomic E-state index is 12.1. The molecule has 0 saturated carbocycles. The molecule has 2 aromatic heterocycles. The molecule has 11 nitrogen and oxygen atoms in total. The first-order valence-corrected chi connectivity index (χ1v) is 10.1. The van der Waals surface area contributed by atoms with Crippen LogP contribution in [0.25, 0.3) is 0 Å². The number of nitrogens with one attached hydrogen (secondary N) is 2. The van der Waals surface area contributed by atoms with Crippen molar-refractivity contribution >= 4 is 29.1 Å². The molecule has 0 spiro atoms. The molecule has 31 heavy (non-hydrogen) atoms. The first-order valence-electron chi connectivity index (χ1n) is 10.1. The van der Waals surface area contributed by atoms with Crippen molar-refractivity contribution in [3.63, 3.8) is 0 Å². The largest absolute Gasteiger partial charge is 0.394 e. The number of likely N-dealkylation sites (tertiary alicyclic amines) is 1. The van der Waals surface area contributed by atoms with Gasteiger partial charge in [-0.25, -0.2) is 9.97 Å². The van der Waals surface area contributed by atoms with E-state index in [2.05, 4.69) is 32.3 Å². The van der Waals surface area contributed by atoms with Gasteiger partial charge in [-0.2, -0.15) is 5.10 Å². The van der Waals surface area contributed by atoms with Gasteiger partial charge in [0.05, 0.1) is 30.7 Å². The van der Waals surface area contributed by atoms with Gasteiger partial charge in [-0.05, 0) is 18.4 Å². The lowest BCUT2D eigenvalue weighted by atomic mass is 10.1. The first kappa shape index (κ1) is 22.2. The van der Waals surface area contributed by atoms with Gasteiger partial charge >= 0.3 is 0 Å². The predicted octanol–water partition coefficient (Wildman–Crippen LogP) is 0.830. The fraction of sp³-hybridized carbons (Fsp3) is 0.450. The van der Waals surface area contributed by atoms with Gasteiger partial charge in [0, 0.05) is 25.3 Å². The minimum atomic E-state index is -0.699. The number of anilines is 3. The number of amides is 2. The number of aromatic nitrogens is 4. The van der Waals surface area contributed by atoms with Crippen molar-refractivity contribution in [1.82, 2.24) is 24.6 Å². The number of carbonyl (C=O) groups is 2. The zero-order valence-electron chi connectivity index (χ0n) is 17.7. The first-order chi connectivity index (χ1) is 14.8. The fourth-order valence-electron chi connectivity index (χ4n) is 3.41. The van der Waals surface area contributed by atoms with E-state index < -0.39 is 5.91 Å². The lowest BCUT2D eigenvalue weighted by molar-refractivity contribution is -0.125. The number of primary amides is 1. The van der Waals surface area contributed by atoms with Crippen LogP contribution in [0.15, 0.2) is 25.0 Å². The minimum absolute atomic E-state index is 0.00437. The number of aliphatic hydroxyl groups is 1. The van der Waals surface area contributed by atoms with Crippen molar-refractivity contribution in [1.29, 1.82) is 0 Å². The van der Waals surface area contributed by atoms with Crippen LogP contribution in [0.5, 0.6) is 0 Å². The highest BCUT2D eigenvalue weighted by atomic mass is 16.3. The molecule has 1 atom stereocenters. The Morgan fingerprint density at radius 1 is 1.39 bits per heavy atom. The summed E-state index contributed by atoms with van der Waals surface area (Å²) in [7, 11) is 0. The smallest absolute Gasteiger partial charge is 0.271 e. The Labute approximate surface area is 180 Å². The highest BCUT2D eigenvalue weighted by Gasteiger charge is 2.27. The predicted molar refractivity (Wildman–Crippen MR) is 116 cm³/mol. The molecule has 11 heteroatoms. The van der Waals surface area contributed by atoms with Gasteiger partial charge in [-0.1, -0.05) is 20.4 Å². The monoisotopic (exact) mass is 428 g/mol. The van der Waals surface area contributed by atoms with Crippen LogP contribution in [0.1, 0.15) is 42.4 Å². The summed E-state index contributed by atoms with van der Waals surface area (Å²) in [4.78, 5) is 34.8. The summed E-state index contributed by atoms with van der Waals surface area (Å²) in [6.07, 6.45) is 5.30. The zero-order chi connectivity index (χ0) is 22.5. The Morgan fingerprint density at radius 2 is 2.16 bits per heavy atom. The minimum Gasteiger partial charge on any atom is -0.394 e. The Morgan fingerprint density at radius 3 is 2.81 bits per heavy atom. The van der Waals surface area contributed by atoms with Crippen molar-refractivity contribution in [2.24, 2.45) is 5.73 Å². The van der Waals surface area contributed by atoms with E-state index in [0.29, 0.717) is 36.8 Å². The highest BCUT2D eigenvalue weighted by Crippen LogP contribution is 2.28. The number of nitrogens with zero attached hydrogens (tertiary/aromatic N) is 5. The van der Waals surface area contributed by atoms with Gasteiger partial charge in [0.1, 0.15) is 0 Å². The zero-order valence-corrected chi connectivity index (χ0v) is 17.7. The molecule has 5 N–H and O–H groups in total. The molecule has 0 radical (unpaired) electrons. The Bertz CT molecular complexity index is 971. The average molecular weight is 428 g/mol. The van der Waals surface area contributed by atoms with Crippen LogP contribution in [0.3, 0.4) is 0 Å². The topological polar surface area (TPSA) is 151 Å². The van der Waals surface area contributed by atoms with Gasteiger partial charge in [-0.15, -0.1) is 0 Å². The summed E-state index contributed by atoms with van der Waals surface area (Å²) in [5.74, 6) is -0.0782. The Hall–Kier alpha value is -3.47. The van der Waals surface area contributed by atoms with Crippen LogP contribution in [0.4, 0.5) is 17.3 Å². The highest BCUT2D eigenvalue weighted by molar-refractivity contribution is 5.96. The van der Waals surface area contributed by atoms with E-state index in [1.165, 1.54) is 6.08 Å². The van der Waals surface area contributed by atoms with Gasteiger partial charge < -0.3 is 26.4 Å². The summed E-state index contributed by atoms with van der Waals surface area (Å²) in [5.41, 5.74) is 6.78. The standard InChI is InChI=1S/C20H28N8O3/c1-4-15(30)27-6-5-13(10-27)23-19-16(12(2)3)25-17(18(21)31)20(26-19)24-14-9-22-28(11-14)7-8-29/h4,9,11-13,29H,1,5-8,10H2,2-3H3,(H2,21,31)(H2,23,24,26)/t13-/m1/s1. The van der Waals surface area contributed by atoms with E-state index in [9.17, 15) is 9.59 Å². The van der Waals surface area contributed by atoms with Gasteiger partial charge in [-0.3, -0.25) is 14.3 Å². The van der Waals surface area contributed by atoms with Crippen molar-refractivity contribution in [3.05, 3.63) is 36.4 Å². The van der Waals surface area contributed by atoms with Crippen molar-refractivity contribution < 1.29 is 14.7 Å². The summed E-state index contributed by atoms with van der Waals surface area (Å²) in [6.45, 7) is 8.89. The number of nitrogens with two attached hydrogens (primary N) is 1. The molecular formula is C20H28N8O3. The molecule has 166 valence electrons. The summed E-state index contributed by atoms with van der Waals surface area (Å²) >= 11 is 0. The third-order valence-electron chi connectivity index (χ3n) is 4.94. The molecule has 2 amide bonds. The molecule has 0 unspecified atom stereocenters. The van der Waals surface area contributed by atoms with Gasteiger partial charge in [0.2, 0.25) is 5.91 Å². The molecule has 0 bridgehead atoms. The van der Waals surface area contributed by atoms with E-state index >= 15 is 0 Å². The SMILES string of the molecule is C=CC(=O)N1CC[C@@H](Nc2nc(Nc3cnn(CCO)c3)c(C(N)=O)nc2C(C)C)C1. The Balaban J connectivity index is 1.90. The molecule has 2 aromatic rings. The molecule has 3 rings (SSSR count). The number of hydrogen-bond donors (Lipinski definition) is 4. The molecule has 1 aliphatic rings. The third kappa shape index (κ3) is 5.18. The van der Waals surface area contributed by atoms with Crippen molar-refractivity contribution in [2.45, 2.75) is 38.8 Å². The van der Waals surface area contributed by atoms with Gasteiger partial charge in [0.15, 0.2) is 17.3 Å². The van der Waals surface area contributed by atoms with Crippen LogP contribution in [-0.4, -0.2) is 67.3 Å². The normalized spacial score (nSPS) is 15.9. The fourth-order valence-corrected chi connectivity index (χ4v) is 3.41. The van der Waals surface area contributed by atoms with Gasteiger partial charge in [0.25, 0.3) is 5.91 Å². The summed E-state index contributed by atoms with van der Waals surface area (Å²) in [6, 6.07) is -0.00437. The number of carbonyl (C=O) groups excluding carboxylic acids is 2. The third-order valence-corrected chi connectivity index (χ3v) is 4.94. The van der Waals surface area contributed by atoms with Crippen LogP contribution in [0.2, 0.25) is 0 Å². The molecular weight excluding hydrogens is 400 g/mol. The quantitative estimate of drug-likeness (QED) is 0.429. The van der Waals surface area contributed by atoms with Crippen molar-refractivity contribution in [2.75, 3.05) is 30.3 Å². The maximum Gasteiger partial charge on any atom is 0.271 e. The van der Waals surface area contributed by atoms with Crippen LogP contribution >= 0.6 is 0 Å². The molecule has 1 saturated heterocycles. The molecule has 1 fully saturated rings. The van der Waals surface area contributed by atoms with Crippen LogP contribution in [0, 0.1) is 0 Å². The van der Waals surface area contributed by atoms with E-state index in [0.717, 1.165) is 6.42 Å². The number of rotatable bonds is 9. The number of aliphatic hydroxyl groups excluding tert-OH is 1. The molecule has 1 aliphatic heterocycles. The molecule has 0 aromatic carbocycles. The molecule has 0 aliphatic carbocycles. The lowest BCUT2D eigenvalue weighted by Gasteiger charge is -2.20. The van der Waals surface area contributed by atoms with Crippen molar-refractivity contribution in [3.8, 4) is 0 Å². The van der Waals surface area contributed by atoms with E-state index in [-0.39, 0.29) is 36.0 Å². The van der Waals surface area contributed by atoms with E-state index in [1.54, 1.807) is 22.0 Å². The second kappa shape index (κ2) is 9.56. The molecule has 3 heterocycles. The second-order valence-corrected chi connectivity index (χ2v) is 7.63. The maximum absolute atomic E-state index is 12.1. The van der Waals surface area contributed by atoms with E-state index in [4.69, 9.17) is 10.8 Å². The number of hydrogen-bond acceptors (Lipinski definition) is 8. The second-order valence-electron chi connectivity index (χ2n) is 7.63. The van der Waals surface area contributed by atoms with Crippen LogP contribution < -0.4 is 16.4 Å².